The molecule has 76 valence electrons. The van der Waals surface area contributed by atoms with Gasteiger partial charge in [-0.05, 0) is 18.8 Å². The van der Waals surface area contributed by atoms with Gasteiger partial charge in [0.25, 0.3) is 0 Å². The van der Waals surface area contributed by atoms with Crippen LogP contribution in [0.15, 0.2) is 11.3 Å². The highest BCUT2D eigenvalue weighted by molar-refractivity contribution is 5.86. The average Bonchev–Trinajstić information content (AvgIpc) is 1.97. The average molecular weight is 185 g/mol. The lowest BCUT2D eigenvalue weighted by Gasteiger charge is -2.21. The van der Waals surface area contributed by atoms with Crippen molar-refractivity contribution in [3.8, 4) is 0 Å². The van der Waals surface area contributed by atoms with Crippen LogP contribution in [0, 0.1) is 5.41 Å². The molecule has 0 aliphatic carbocycles. The summed E-state index contributed by atoms with van der Waals surface area (Å²) in [6.45, 7) is 7.87. The summed E-state index contributed by atoms with van der Waals surface area (Å²) >= 11 is 0. The molecule has 0 fully saturated rings. The number of carbonyl (C=O) groups is 1. The van der Waals surface area contributed by atoms with Crippen LogP contribution in [0.1, 0.15) is 34.1 Å². The maximum atomic E-state index is 10.7. The van der Waals surface area contributed by atoms with E-state index in [9.17, 15) is 4.79 Å². The number of nitrogens with one attached hydrogen (secondary N) is 1. The van der Waals surface area contributed by atoms with Gasteiger partial charge >= 0.3 is 5.97 Å². The van der Waals surface area contributed by atoms with Crippen LogP contribution >= 0.6 is 0 Å². The molecule has 0 saturated carbocycles. The van der Waals surface area contributed by atoms with Gasteiger partial charge in [-0.3, -0.25) is 0 Å². The third-order valence-corrected chi connectivity index (χ3v) is 1.78. The summed E-state index contributed by atoms with van der Waals surface area (Å²) in [7, 11) is 1.76. The molecule has 0 rings (SSSR count). The standard InChI is InChI=1S/C10H19NO2/c1-7(9(12)13)8(11-5)6-10(2,3)4/h11H,6H2,1-5H3,(H,12,13). The highest BCUT2D eigenvalue weighted by Gasteiger charge is 2.16. The van der Waals surface area contributed by atoms with E-state index in [1.54, 1.807) is 14.0 Å². The highest BCUT2D eigenvalue weighted by Crippen LogP contribution is 2.24. The number of hydrogen-bond acceptors (Lipinski definition) is 2. The molecule has 0 aromatic heterocycles. The number of carboxylic acid groups (broad SMARTS) is 1. The second-order valence-corrected chi connectivity index (χ2v) is 4.40. The van der Waals surface area contributed by atoms with Crippen LogP contribution < -0.4 is 5.32 Å². The van der Waals surface area contributed by atoms with Crippen molar-refractivity contribution in [2.45, 2.75) is 34.1 Å². The molecule has 0 aromatic carbocycles. The van der Waals surface area contributed by atoms with Gasteiger partial charge in [-0.1, -0.05) is 20.8 Å². The molecule has 0 bridgehead atoms. The van der Waals surface area contributed by atoms with Crippen molar-refractivity contribution in [2.75, 3.05) is 7.05 Å². The number of aliphatic carboxylic acids is 1. The summed E-state index contributed by atoms with van der Waals surface area (Å²) in [6, 6.07) is 0. The van der Waals surface area contributed by atoms with E-state index < -0.39 is 5.97 Å². The Labute approximate surface area is 79.8 Å². The fourth-order valence-electron chi connectivity index (χ4n) is 1.07. The minimum Gasteiger partial charge on any atom is -0.478 e. The molecule has 0 unspecified atom stereocenters. The maximum Gasteiger partial charge on any atom is 0.333 e. The molecule has 0 aromatic rings. The lowest BCUT2D eigenvalue weighted by atomic mass is 9.89. The van der Waals surface area contributed by atoms with Gasteiger partial charge in [0.2, 0.25) is 0 Å². The van der Waals surface area contributed by atoms with Crippen molar-refractivity contribution >= 4 is 5.97 Å². The van der Waals surface area contributed by atoms with Crippen molar-refractivity contribution in [2.24, 2.45) is 5.41 Å². The number of carboxylic acids is 1. The van der Waals surface area contributed by atoms with Gasteiger partial charge in [0.05, 0.1) is 5.57 Å². The Morgan fingerprint density at radius 1 is 1.38 bits per heavy atom. The molecule has 3 heteroatoms. The SMILES string of the molecule is CNC(CC(C)(C)C)=C(C)C(=O)O. The molecule has 13 heavy (non-hydrogen) atoms. The first-order valence-electron chi connectivity index (χ1n) is 4.38. The van der Waals surface area contributed by atoms with Crippen LogP contribution in [0.3, 0.4) is 0 Å². The Morgan fingerprint density at radius 2 is 1.85 bits per heavy atom. The van der Waals surface area contributed by atoms with E-state index in [2.05, 4.69) is 26.1 Å². The lowest BCUT2D eigenvalue weighted by molar-refractivity contribution is -0.132. The Kier molecular flexibility index (Phi) is 3.98. The van der Waals surface area contributed by atoms with Gasteiger partial charge in [-0.2, -0.15) is 0 Å². The maximum absolute atomic E-state index is 10.7. The summed E-state index contributed by atoms with van der Waals surface area (Å²) in [5.41, 5.74) is 1.31. The molecule has 3 nitrogen and oxygen atoms in total. The van der Waals surface area contributed by atoms with Crippen molar-refractivity contribution in [3.63, 3.8) is 0 Å². The van der Waals surface area contributed by atoms with Gasteiger partial charge in [0, 0.05) is 12.7 Å². The van der Waals surface area contributed by atoms with Crippen LogP contribution in [0.4, 0.5) is 0 Å². The van der Waals surface area contributed by atoms with Crippen LogP contribution in [0.25, 0.3) is 0 Å². The number of rotatable bonds is 3. The van der Waals surface area contributed by atoms with Gasteiger partial charge in [-0.15, -0.1) is 0 Å². The zero-order valence-corrected chi connectivity index (χ0v) is 9.06. The van der Waals surface area contributed by atoms with Crippen LogP contribution in [-0.4, -0.2) is 18.1 Å². The molecule has 0 aliphatic heterocycles. The fourth-order valence-corrected chi connectivity index (χ4v) is 1.07. The minimum absolute atomic E-state index is 0.106. The Bertz CT molecular complexity index is 224. The summed E-state index contributed by atoms with van der Waals surface area (Å²) in [5, 5.41) is 11.7. The molecular weight excluding hydrogens is 166 g/mol. The number of allylic oxidation sites excluding steroid dienone is 1. The van der Waals surface area contributed by atoms with Crippen molar-refractivity contribution < 1.29 is 9.90 Å². The molecule has 0 heterocycles. The minimum atomic E-state index is -0.853. The van der Waals surface area contributed by atoms with E-state index in [1.165, 1.54) is 0 Å². The third-order valence-electron chi connectivity index (χ3n) is 1.78. The molecule has 2 N–H and O–H groups in total. The molecule has 0 spiro atoms. The Morgan fingerprint density at radius 3 is 2.08 bits per heavy atom. The summed E-state index contributed by atoms with van der Waals surface area (Å²) in [6.07, 6.45) is 0.752. The Balaban J connectivity index is 4.70. The zero-order valence-electron chi connectivity index (χ0n) is 9.06. The van der Waals surface area contributed by atoms with Crippen LogP contribution in [0.5, 0.6) is 0 Å². The lowest BCUT2D eigenvalue weighted by Crippen LogP contribution is -2.18. The first-order valence-corrected chi connectivity index (χ1v) is 4.38. The fraction of sp³-hybridized carbons (Fsp3) is 0.700. The van der Waals surface area contributed by atoms with E-state index in [4.69, 9.17) is 5.11 Å². The molecule has 0 atom stereocenters. The third kappa shape index (κ3) is 4.55. The quantitative estimate of drug-likeness (QED) is 0.661. The zero-order chi connectivity index (χ0) is 10.6. The van der Waals surface area contributed by atoms with Crippen molar-refractivity contribution in [3.05, 3.63) is 11.3 Å². The summed E-state index contributed by atoms with van der Waals surface area (Å²) < 4.78 is 0. The molecule has 0 aliphatic rings. The molecular formula is C10H19NO2. The topological polar surface area (TPSA) is 49.3 Å². The van der Waals surface area contributed by atoms with Crippen molar-refractivity contribution in [1.82, 2.24) is 5.32 Å². The summed E-state index contributed by atoms with van der Waals surface area (Å²) in [4.78, 5) is 10.7. The largest absolute Gasteiger partial charge is 0.478 e. The van der Waals surface area contributed by atoms with E-state index in [1.807, 2.05) is 0 Å². The smallest absolute Gasteiger partial charge is 0.333 e. The second-order valence-electron chi connectivity index (χ2n) is 4.40. The van der Waals surface area contributed by atoms with Crippen molar-refractivity contribution in [1.29, 1.82) is 0 Å². The first kappa shape index (κ1) is 12.0. The second kappa shape index (κ2) is 4.30. The van der Waals surface area contributed by atoms with Gasteiger partial charge in [-0.25, -0.2) is 4.79 Å². The highest BCUT2D eigenvalue weighted by atomic mass is 16.4. The normalized spacial score (nSPS) is 13.6. The van der Waals surface area contributed by atoms with E-state index in [0.717, 1.165) is 12.1 Å². The van der Waals surface area contributed by atoms with E-state index in [-0.39, 0.29) is 5.41 Å². The van der Waals surface area contributed by atoms with Gasteiger partial charge in [0.1, 0.15) is 0 Å². The van der Waals surface area contributed by atoms with Crippen LogP contribution in [0.2, 0.25) is 0 Å². The summed E-state index contributed by atoms with van der Waals surface area (Å²) in [5.74, 6) is -0.853. The molecule has 0 radical (unpaired) electrons. The monoisotopic (exact) mass is 185 g/mol. The first-order chi connectivity index (χ1) is 5.78. The number of hydrogen-bond donors (Lipinski definition) is 2. The van der Waals surface area contributed by atoms with Crippen LogP contribution in [-0.2, 0) is 4.79 Å². The van der Waals surface area contributed by atoms with E-state index >= 15 is 0 Å². The van der Waals surface area contributed by atoms with Gasteiger partial charge < -0.3 is 10.4 Å². The van der Waals surface area contributed by atoms with Gasteiger partial charge in [0.15, 0.2) is 0 Å². The predicted molar refractivity (Wildman–Crippen MR) is 53.5 cm³/mol. The Hall–Kier alpha value is -0.990. The predicted octanol–water partition coefficient (Wildman–Crippen LogP) is 2.00. The molecule has 0 amide bonds. The molecule has 0 saturated heterocycles. The van der Waals surface area contributed by atoms with E-state index in [0.29, 0.717) is 5.57 Å².